The minimum absolute atomic E-state index is 0.373. The predicted octanol–water partition coefficient (Wildman–Crippen LogP) is 0.728. The second-order valence-corrected chi connectivity index (χ2v) is 3.56. The van der Waals surface area contributed by atoms with E-state index in [1.165, 1.54) is 0 Å². The fourth-order valence-corrected chi connectivity index (χ4v) is 1.95. The van der Waals surface area contributed by atoms with Crippen LogP contribution in [-0.4, -0.2) is 19.7 Å². The van der Waals surface area contributed by atoms with Crippen molar-refractivity contribution < 1.29 is 0 Å². The van der Waals surface area contributed by atoms with Crippen molar-refractivity contribution in [1.29, 1.82) is 0 Å². The van der Waals surface area contributed by atoms with E-state index < -0.39 is 0 Å². The Hall–Kier alpha value is -1.17. The zero-order valence-electron chi connectivity index (χ0n) is 7.13. The highest BCUT2D eigenvalue weighted by Crippen LogP contribution is 2.20. The highest BCUT2D eigenvalue weighted by molar-refractivity contribution is 9.10. The number of aryl methyl sites for hydroxylation is 2. The summed E-state index contributed by atoms with van der Waals surface area (Å²) in [5, 5.41) is 5.01. The molecule has 0 fully saturated rings. The van der Waals surface area contributed by atoms with Crippen molar-refractivity contribution in [2.24, 2.45) is 7.05 Å². The van der Waals surface area contributed by atoms with Gasteiger partial charge in [-0.1, -0.05) is 0 Å². The van der Waals surface area contributed by atoms with E-state index in [1.54, 1.807) is 11.7 Å². The van der Waals surface area contributed by atoms with E-state index in [4.69, 9.17) is 0 Å². The summed E-state index contributed by atoms with van der Waals surface area (Å²) in [6.07, 6.45) is 0. The van der Waals surface area contributed by atoms with Crippen molar-refractivity contribution in [2.75, 3.05) is 0 Å². The third-order valence-corrected chi connectivity index (χ3v) is 2.43. The van der Waals surface area contributed by atoms with Crippen molar-refractivity contribution in [1.82, 2.24) is 19.7 Å². The summed E-state index contributed by atoms with van der Waals surface area (Å²) in [5.41, 5.74) is 1.06. The first-order valence-electron chi connectivity index (χ1n) is 3.68. The molecule has 1 N–H and O–H groups in total. The van der Waals surface area contributed by atoms with Crippen molar-refractivity contribution in [3.63, 3.8) is 0 Å². The fourth-order valence-electron chi connectivity index (χ4n) is 1.31. The number of H-pyrrole nitrogens is 1. The molecule has 0 saturated carbocycles. The molecule has 6 heteroatoms. The maximum Gasteiger partial charge on any atom is 0.347 e. The molecule has 0 radical (unpaired) electrons. The van der Waals surface area contributed by atoms with E-state index in [9.17, 15) is 4.79 Å². The third-order valence-electron chi connectivity index (χ3n) is 1.84. The van der Waals surface area contributed by atoms with Gasteiger partial charge in [0.1, 0.15) is 0 Å². The molecule has 5 nitrogen and oxygen atoms in total. The average molecular weight is 243 g/mol. The van der Waals surface area contributed by atoms with Crippen LogP contribution in [0.4, 0.5) is 0 Å². The highest BCUT2D eigenvalue weighted by Gasteiger charge is 2.10. The van der Waals surface area contributed by atoms with Crippen LogP contribution in [0.5, 0.6) is 0 Å². The maximum absolute atomic E-state index is 11.0. The summed E-state index contributed by atoms with van der Waals surface area (Å²) >= 11 is 3.26. The summed E-state index contributed by atoms with van der Waals surface area (Å²) < 4.78 is 2.22. The first kappa shape index (κ1) is 8.43. The third kappa shape index (κ3) is 1.17. The number of hydrogen-bond donors (Lipinski definition) is 1. The molecule has 0 saturated heterocycles. The molecule has 2 aromatic heterocycles. The predicted molar refractivity (Wildman–Crippen MR) is 51.6 cm³/mol. The zero-order valence-corrected chi connectivity index (χ0v) is 8.71. The van der Waals surface area contributed by atoms with Gasteiger partial charge >= 0.3 is 5.69 Å². The molecule has 0 amide bonds. The summed E-state index contributed by atoms with van der Waals surface area (Å²) in [6.45, 7) is 1.87. The molecule has 0 aliphatic carbocycles. The van der Waals surface area contributed by atoms with E-state index in [1.807, 2.05) is 6.92 Å². The lowest BCUT2D eigenvalue weighted by Gasteiger charge is -1.93. The van der Waals surface area contributed by atoms with Crippen molar-refractivity contribution in [3.8, 4) is 0 Å². The summed E-state index contributed by atoms with van der Waals surface area (Å²) in [7, 11) is 1.76. The SMILES string of the molecule is Cc1nn(C)c2nc(=O)[nH]c(Br)c12. The van der Waals surface area contributed by atoms with E-state index in [0.29, 0.717) is 10.3 Å². The number of rotatable bonds is 0. The highest BCUT2D eigenvalue weighted by atomic mass is 79.9. The lowest BCUT2D eigenvalue weighted by atomic mass is 10.3. The minimum Gasteiger partial charge on any atom is -0.299 e. The topological polar surface area (TPSA) is 63.6 Å². The molecule has 0 aliphatic rings. The molecule has 0 atom stereocenters. The molecular formula is C7H7BrN4O. The lowest BCUT2D eigenvalue weighted by molar-refractivity contribution is 0.771. The van der Waals surface area contributed by atoms with Gasteiger partial charge in [-0.2, -0.15) is 10.1 Å². The van der Waals surface area contributed by atoms with Gasteiger partial charge in [-0.15, -0.1) is 0 Å². The molecule has 0 unspecified atom stereocenters. The molecular weight excluding hydrogens is 236 g/mol. The lowest BCUT2D eigenvalue weighted by Crippen LogP contribution is -2.11. The van der Waals surface area contributed by atoms with Crippen LogP contribution in [0.15, 0.2) is 9.40 Å². The van der Waals surface area contributed by atoms with Gasteiger partial charge in [-0.3, -0.25) is 4.98 Å². The number of halogens is 1. The minimum atomic E-state index is -0.373. The standard InChI is InChI=1S/C7H7BrN4O/c1-3-4-5(8)9-7(13)10-6(4)12(2)11-3/h1-2H3,(H,9,10,13). The van der Waals surface area contributed by atoms with Crippen LogP contribution in [0.3, 0.4) is 0 Å². The Labute approximate surface area is 81.9 Å². The Balaban J connectivity index is 3.06. The molecule has 0 bridgehead atoms. The van der Waals surface area contributed by atoms with Crippen LogP contribution in [-0.2, 0) is 7.05 Å². The van der Waals surface area contributed by atoms with E-state index >= 15 is 0 Å². The zero-order chi connectivity index (χ0) is 9.59. The summed E-state index contributed by atoms with van der Waals surface area (Å²) in [4.78, 5) is 17.4. The van der Waals surface area contributed by atoms with Crippen molar-refractivity contribution >= 4 is 27.0 Å². The van der Waals surface area contributed by atoms with Gasteiger partial charge < -0.3 is 0 Å². The van der Waals surface area contributed by atoms with Crippen LogP contribution < -0.4 is 5.69 Å². The summed E-state index contributed by atoms with van der Waals surface area (Å²) in [5.74, 6) is 0. The number of aromatic nitrogens is 4. The smallest absolute Gasteiger partial charge is 0.299 e. The Bertz CT molecular complexity index is 527. The number of nitrogens with zero attached hydrogens (tertiary/aromatic N) is 3. The van der Waals surface area contributed by atoms with E-state index in [0.717, 1.165) is 11.1 Å². The van der Waals surface area contributed by atoms with Gasteiger partial charge in [0.05, 0.1) is 15.7 Å². The summed E-state index contributed by atoms with van der Waals surface area (Å²) in [6, 6.07) is 0. The molecule has 2 rings (SSSR count). The molecule has 2 heterocycles. The molecule has 0 aliphatic heterocycles. The fraction of sp³-hybridized carbons (Fsp3) is 0.286. The number of fused-ring (bicyclic) bond motifs is 1. The first-order valence-corrected chi connectivity index (χ1v) is 4.48. The van der Waals surface area contributed by atoms with Gasteiger partial charge in [0, 0.05) is 7.05 Å². The molecule has 2 aromatic rings. The van der Waals surface area contributed by atoms with Crippen LogP contribution >= 0.6 is 15.9 Å². The number of nitrogens with one attached hydrogen (secondary N) is 1. The Kier molecular flexibility index (Phi) is 1.73. The van der Waals surface area contributed by atoms with Crippen molar-refractivity contribution in [3.05, 3.63) is 20.8 Å². The van der Waals surface area contributed by atoms with E-state index in [-0.39, 0.29) is 5.69 Å². The monoisotopic (exact) mass is 242 g/mol. The van der Waals surface area contributed by atoms with Gasteiger partial charge in [0.25, 0.3) is 0 Å². The van der Waals surface area contributed by atoms with Gasteiger partial charge in [-0.05, 0) is 22.9 Å². The Morgan fingerprint density at radius 3 is 2.92 bits per heavy atom. The number of aromatic amines is 1. The first-order chi connectivity index (χ1) is 6.09. The van der Waals surface area contributed by atoms with E-state index in [2.05, 4.69) is 31.0 Å². The van der Waals surface area contributed by atoms with Crippen LogP contribution in [0.25, 0.3) is 11.0 Å². The van der Waals surface area contributed by atoms with Gasteiger partial charge in [0.15, 0.2) is 5.65 Å². The van der Waals surface area contributed by atoms with Crippen LogP contribution in [0, 0.1) is 6.92 Å². The average Bonchev–Trinajstić information content (AvgIpc) is 2.27. The van der Waals surface area contributed by atoms with Crippen LogP contribution in [0.1, 0.15) is 5.69 Å². The largest absolute Gasteiger partial charge is 0.347 e. The van der Waals surface area contributed by atoms with Crippen LogP contribution in [0.2, 0.25) is 0 Å². The molecule has 68 valence electrons. The normalized spacial score (nSPS) is 11.0. The second kappa shape index (κ2) is 2.66. The van der Waals surface area contributed by atoms with Gasteiger partial charge in [-0.25, -0.2) is 9.48 Å². The molecule has 0 aromatic carbocycles. The van der Waals surface area contributed by atoms with Crippen molar-refractivity contribution in [2.45, 2.75) is 6.92 Å². The molecule has 13 heavy (non-hydrogen) atoms. The molecule has 0 spiro atoms. The maximum atomic E-state index is 11.0. The Morgan fingerprint density at radius 1 is 1.54 bits per heavy atom. The Morgan fingerprint density at radius 2 is 2.23 bits per heavy atom. The second-order valence-electron chi connectivity index (χ2n) is 2.76. The quantitative estimate of drug-likeness (QED) is 0.693. The number of hydrogen-bond acceptors (Lipinski definition) is 3. The van der Waals surface area contributed by atoms with Gasteiger partial charge in [0.2, 0.25) is 0 Å².